The minimum atomic E-state index is -0.805. The zero-order valence-electron chi connectivity index (χ0n) is 9.53. The van der Waals surface area contributed by atoms with E-state index in [1.807, 2.05) is 7.05 Å². The normalized spacial score (nSPS) is 28.9. The molecule has 0 aliphatic carbocycles. The predicted molar refractivity (Wildman–Crippen MR) is 61.6 cm³/mol. The van der Waals surface area contributed by atoms with Gasteiger partial charge in [0.05, 0.1) is 11.9 Å². The Morgan fingerprint density at radius 1 is 1.60 bits per heavy atom. The summed E-state index contributed by atoms with van der Waals surface area (Å²) in [5.41, 5.74) is 0. The van der Waals surface area contributed by atoms with Gasteiger partial charge in [-0.25, -0.2) is 0 Å². The highest BCUT2D eigenvalue weighted by atomic mass is 32.2. The van der Waals surface area contributed by atoms with Crippen LogP contribution >= 0.6 is 0 Å². The minimum absolute atomic E-state index is 0.139. The predicted octanol–water partition coefficient (Wildman–Crippen LogP) is 0.149. The van der Waals surface area contributed by atoms with E-state index in [1.165, 1.54) is 0 Å². The molecule has 3 unspecified atom stereocenters. The summed E-state index contributed by atoms with van der Waals surface area (Å²) in [6, 6.07) is 0.335. The van der Waals surface area contributed by atoms with Crippen LogP contribution in [0.25, 0.3) is 0 Å². The fraction of sp³-hybridized carbons (Fsp3) is 1.00. The summed E-state index contributed by atoms with van der Waals surface area (Å²) in [5.74, 6) is 0.708. The van der Waals surface area contributed by atoms with Crippen molar-refractivity contribution >= 4 is 10.8 Å². The first-order valence-electron chi connectivity index (χ1n) is 5.40. The SMILES string of the molecule is CNC1CCOCC1S(=O)CCCOC. The molecule has 15 heavy (non-hydrogen) atoms. The van der Waals surface area contributed by atoms with Crippen LogP contribution in [0.2, 0.25) is 0 Å². The van der Waals surface area contributed by atoms with Crippen LogP contribution in [0.5, 0.6) is 0 Å². The number of methoxy groups -OCH3 is 1. The second kappa shape index (κ2) is 7.33. The highest BCUT2D eigenvalue weighted by molar-refractivity contribution is 7.85. The summed E-state index contributed by atoms with van der Waals surface area (Å²) in [5, 5.41) is 3.36. The van der Waals surface area contributed by atoms with Crippen molar-refractivity contribution in [2.24, 2.45) is 0 Å². The molecule has 1 aliphatic rings. The van der Waals surface area contributed by atoms with Crippen LogP contribution in [-0.2, 0) is 20.3 Å². The molecule has 1 rings (SSSR count). The van der Waals surface area contributed by atoms with E-state index in [4.69, 9.17) is 9.47 Å². The molecule has 0 aromatic carbocycles. The molecule has 1 fully saturated rings. The molecule has 90 valence electrons. The van der Waals surface area contributed by atoms with Gasteiger partial charge in [-0.05, 0) is 19.9 Å². The summed E-state index contributed by atoms with van der Waals surface area (Å²) >= 11 is 0. The van der Waals surface area contributed by atoms with E-state index < -0.39 is 10.8 Å². The Morgan fingerprint density at radius 3 is 3.07 bits per heavy atom. The highest BCUT2D eigenvalue weighted by Gasteiger charge is 2.28. The van der Waals surface area contributed by atoms with Crippen LogP contribution in [0.4, 0.5) is 0 Å². The first-order valence-corrected chi connectivity index (χ1v) is 6.79. The summed E-state index contributed by atoms with van der Waals surface area (Å²) in [7, 11) is 2.79. The standard InChI is InChI=1S/C10H21NO3S/c1-11-9-4-6-14-8-10(9)15(12)7-3-5-13-2/h9-11H,3-8H2,1-2H3. The Morgan fingerprint density at radius 2 is 2.40 bits per heavy atom. The van der Waals surface area contributed by atoms with Crippen LogP contribution in [0.3, 0.4) is 0 Å². The Labute approximate surface area is 94.2 Å². The third-order valence-electron chi connectivity index (χ3n) is 2.71. The Bertz CT molecular complexity index is 201. The quantitative estimate of drug-likeness (QED) is 0.666. The van der Waals surface area contributed by atoms with Crippen molar-refractivity contribution in [2.75, 3.05) is 39.7 Å². The lowest BCUT2D eigenvalue weighted by Gasteiger charge is -2.30. The van der Waals surface area contributed by atoms with Crippen molar-refractivity contribution in [1.29, 1.82) is 0 Å². The Kier molecular flexibility index (Phi) is 6.40. The molecule has 0 bridgehead atoms. The summed E-state index contributed by atoms with van der Waals surface area (Å²) in [6.07, 6.45) is 1.81. The maximum absolute atomic E-state index is 12.0. The van der Waals surface area contributed by atoms with Crippen LogP contribution in [0, 0.1) is 0 Å². The zero-order valence-corrected chi connectivity index (χ0v) is 10.3. The van der Waals surface area contributed by atoms with E-state index in [9.17, 15) is 4.21 Å². The third kappa shape index (κ3) is 4.18. The molecule has 5 heteroatoms. The second-order valence-electron chi connectivity index (χ2n) is 3.73. The monoisotopic (exact) mass is 235 g/mol. The van der Waals surface area contributed by atoms with E-state index in [2.05, 4.69) is 5.32 Å². The molecule has 1 saturated heterocycles. The topological polar surface area (TPSA) is 47.6 Å². The molecule has 1 N–H and O–H groups in total. The van der Waals surface area contributed by atoms with Crippen molar-refractivity contribution < 1.29 is 13.7 Å². The lowest BCUT2D eigenvalue weighted by molar-refractivity contribution is 0.0837. The molecule has 1 aliphatic heterocycles. The average Bonchev–Trinajstić information content (AvgIpc) is 2.29. The highest BCUT2D eigenvalue weighted by Crippen LogP contribution is 2.14. The Balaban J connectivity index is 2.34. The number of nitrogens with one attached hydrogen (secondary N) is 1. The largest absolute Gasteiger partial charge is 0.385 e. The molecule has 0 amide bonds. The fourth-order valence-corrected chi connectivity index (χ4v) is 3.39. The van der Waals surface area contributed by atoms with Gasteiger partial charge in [-0.15, -0.1) is 0 Å². The van der Waals surface area contributed by atoms with E-state index in [-0.39, 0.29) is 5.25 Å². The van der Waals surface area contributed by atoms with Gasteiger partial charge in [0.25, 0.3) is 0 Å². The van der Waals surface area contributed by atoms with Gasteiger partial charge in [0, 0.05) is 42.9 Å². The van der Waals surface area contributed by atoms with Gasteiger partial charge in [-0.3, -0.25) is 4.21 Å². The summed E-state index contributed by atoms with van der Waals surface area (Å²) in [4.78, 5) is 0. The van der Waals surface area contributed by atoms with Crippen LogP contribution in [0.1, 0.15) is 12.8 Å². The minimum Gasteiger partial charge on any atom is -0.385 e. The molecule has 1 heterocycles. The van der Waals surface area contributed by atoms with E-state index in [1.54, 1.807) is 7.11 Å². The number of hydrogen-bond acceptors (Lipinski definition) is 4. The van der Waals surface area contributed by atoms with Crippen LogP contribution in [0.15, 0.2) is 0 Å². The maximum atomic E-state index is 12.0. The van der Waals surface area contributed by atoms with Crippen molar-refractivity contribution in [3.05, 3.63) is 0 Å². The second-order valence-corrected chi connectivity index (χ2v) is 5.50. The lowest BCUT2D eigenvalue weighted by atomic mass is 10.1. The van der Waals surface area contributed by atoms with Gasteiger partial charge in [0.2, 0.25) is 0 Å². The molecule has 3 atom stereocenters. The molecule has 0 saturated carbocycles. The van der Waals surface area contributed by atoms with Crippen LogP contribution < -0.4 is 5.32 Å². The molecular weight excluding hydrogens is 214 g/mol. The molecule has 4 nitrogen and oxygen atoms in total. The van der Waals surface area contributed by atoms with Crippen molar-refractivity contribution in [1.82, 2.24) is 5.32 Å². The first-order chi connectivity index (χ1) is 7.29. The first kappa shape index (κ1) is 13.1. The number of rotatable bonds is 6. The molecular formula is C10H21NO3S. The molecule has 0 spiro atoms. The van der Waals surface area contributed by atoms with Crippen molar-refractivity contribution in [3.8, 4) is 0 Å². The van der Waals surface area contributed by atoms with Crippen molar-refractivity contribution in [3.63, 3.8) is 0 Å². The molecule has 0 aromatic rings. The number of hydrogen-bond donors (Lipinski definition) is 1. The van der Waals surface area contributed by atoms with Gasteiger partial charge in [-0.1, -0.05) is 0 Å². The van der Waals surface area contributed by atoms with Gasteiger partial charge < -0.3 is 14.8 Å². The summed E-state index contributed by atoms with van der Waals surface area (Å²) in [6.45, 7) is 2.08. The van der Waals surface area contributed by atoms with Gasteiger partial charge in [0.15, 0.2) is 0 Å². The van der Waals surface area contributed by atoms with E-state index in [0.717, 1.165) is 19.4 Å². The van der Waals surface area contributed by atoms with Crippen molar-refractivity contribution in [2.45, 2.75) is 24.1 Å². The van der Waals surface area contributed by atoms with E-state index in [0.29, 0.717) is 25.0 Å². The molecule has 0 radical (unpaired) electrons. The maximum Gasteiger partial charge on any atom is 0.0735 e. The third-order valence-corrected chi connectivity index (χ3v) is 4.54. The van der Waals surface area contributed by atoms with E-state index >= 15 is 0 Å². The number of ether oxygens (including phenoxy) is 2. The van der Waals surface area contributed by atoms with Gasteiger partial charge in [-0.2, -0.15) is 0 Å². The lowest BCUT2D eigenvalue weighted by Crippen LogP contribution is -2.47. The fourth-order valence-electron chi connectivity index (χ4n) is 1.80. The smallest absolute Gasteiger partial charge is 0.0735 e. The van der Waals surface area contributed by atoms with Gasteiger partial charge in [0.1, 0.15) is 0 Å². The van der Waals surface area contributed by atoms with Gasteiger partial charge >= 0.3 is 0 Å². The zero-order chi connectivity index (χ0) is 11.1. The Hall–Kier alpha value is 0.0300. The van der Waals surface area contributed by atoms with Crippen LogP contribution in [-0.4, -0.2) is 55.2 Å². The summed E-state index contributed by atoms with van der Waals surface area (Å²) < 4.78 is 22.3. The molecule has 0 aromatic heterocycles. The average molecular weight is 235 g/mol.